The van der Waals surface area contributed by atoms with Crippen LogP contribution in [0.25, 0.3) is 11.6 Å². The predicted octanol–water partition coefficient (Wildman–Crippen LogP) is 3.33. The molecule has 132 valence electrons. The number of benzene rings is 1. The van der Waals surface area contributed by atoms with Gasteiger partial charge in [0.15, 0.2) is 11.4 Å². The van der Waals surface area contributed by atoms with Crippen LogP contribution in [0.15, 0.2) is 60.0 Å². The van der Waals surface area contributed by atoms with E-state index in [9.17, 15) is 4.39 Å². The second-order valence-electron chi connectivity index (χ2n) is 6.89. The highest BCUT2D eigenvalue weighted by atomic mass is 35.5. The van der Waals surface area contributed by atoms with Crippen LogP contribution in [0.3, 0.4) is 0 Å². The Morgan fingerprint density at radius 3 is 2.92 bits per heavy atom. The lowest BCUT2D eigenvalue weighted by molar-refractivity contribution is -0.314. The van der Waals surface area contributed by atoms with Gasteiger partial charge in [0.1, 0.15) is 5.82 Å². The molecule has 2 aliphatic rings. The molecule has 0 radical (unpaired) electrons. The maximum Gasteiger partial charge on any atom is 0.353 e. The smallest absolute Gasteiger partial charge is 0.353 e. The first-order valence-corrected chi connectivity index (χ1v) is 9.27. The fourth-order valence-corrected chi connectivity index (χ4v) is 4.19. The summed E-state index contributed by atoms with van der Waals surface area (Å²) in [6, 6.07) is 9.14. The fraction of sp³-hybridized carbons (Fsp3) is 0.150. The molecule has 4 rings (SSSR count). The molecule has 0 spiro atoms. The van der Waals surface area contributed by atoms with Gasteiger partial charge in [0.05, 0.1) is 5.02 Å². The molecule has 0 bridgehead atoms. The van der Waals surface area contributed by atoms with Gasteiger partial charge in [-0.15, -0.1) is 0 Å². The Labute approximate surface area is 157 Å². The fourth-order valence-electron chi connectivity index (χ4n) is 4.07. The van der Waals surface area contributed by atoms with E-state index in [1.54, 1.807) is 6.07 Å². The minimum atomic E-state index is -0.553. The molecule has 0 saturated heterocycles. The molecule has 2 aromatic rings. The van der Waals surface area contributed by atoms with Crippen molar-refractivity contribution < 1.29 is 8.88 Å². The summed E-state index contributed by atoms with van der Waals surface area (Å²) in [5.41, 5.74) is 13.0. The molecule has 0 amide bonds. The van der Waals surface area contributed by atoms with Gasteiger partial charge in [-0.25, -0.2) is 4.39 Å². The van der Waals surface area contributed by atoms with Gasteiger partial charge in [0.25, 0.3) is 0 Å². The first-order chi connectivity index (χ1) is 12.6. The van der Waals surface area contributed by atoms with Crippen LogP contribution >= 0.6 is 11.6 Å². The highest BCUT2D eigenvalue weighted by Crippen LogP contribution is 2.33. The number of hydrogen-bond donors (Lipinski definition) is 1. The van der Waals surface area contributed by atoms with Gasteiger partial charge >= 0.3 is 7.55 Å². The van der Waals surface area contributed by atoms with Crippen LogP contribution in [0.2, 0.25) is 5.02 Å². The summed E-state index contributed by atoms with van der Waals surface area (Å²) in [5.74, 6) is -0.397. The zero-order chi connectivity index (χ0) is 18.3. The van der Waals surface area contributed by atoms with E-state index in [4.69, 9.17) is 17.3 Å². The normalized spacial score (nSPS) is 16.4. The van der Waals surface area contributed by atoms with E-state index in [-0.39, 0.29) is 5.02 Å². The Kier molecular flexibility index (Phi) is 4.43. The lowest BCUT2D eigenvalue weighted by atomic mass is 9.93. The third-order valence-electron chi connectivity index (χ3n) is 5.20. The van der Waals surface area contributed by atoms with Crippen molar-refractivity contribution in [3.63, 3.8) is 0 Å². The minimum Gasteiger partial charge on any atom is -0.466 e. The molecule has 3 nitrogen and oxygen atoms in total. The second-order valence-corrected chi connectivity index (χ2v) is 7.30. The van der Waals surface area contributed by atoms with Crippen LogP contribution in [0.1, 0.15) is 24.6 Å². The Bertz CT molecular complexity index is 1010. The molecule has 0 fully saturated rings. The summed E-state index contributed by atoms with van der Waals surface area (Å²) in [6.07, 6.45) is 9.18. The number of rotatable bonds is 4. The summed E-state index contributed by atoms with van der Waals surface area (Å²) in [5, 5.41) is 0.144. The highest BCUT2D eigenvalue weighted by molar-refractivity contribution is 6.31. The molecular formula is C20H20BClFN3. The Hall–Kier alpha value is -2.37. The molecular weight excluding hydrogens is 348 g/mol. The van der Waals surface area contributed by atoms with E-state index < -0.39 is 13.4 Å². The van der Waals surface area contributed by atoms with Crippen molar-refractivity contribution in [3.05, 3.63) is 82.0 Å². The summed E-state index contributed by atoms with van der Waals surface area (Å²) in [4.78, 5) is 0. The highest BCUT2D eigenvalue weighted by Gasteiger charge is 2.30. The number of hydrogen-bond acceptors (Lipinski definition) is 1. The molecule has 1 aromatic heterocycles. The molecule has 0 unspecified atom stereocenters. The second kappa shape index (κ2) is 6.74. The van der Waals surface area contributed by atoms with Crippen LogP contribution in [0, 0.1) is 5.82 Å². The first-order valence-electron chi connectivity index (χ1n) is 8.89. The molecule has 3 heterocycles. The third kappa shape index (κ3) is 2.87. The van der Waals surface area contributed by atoms with E-state index in [1.165, 1.54) is 28.6 Å². The lowest BCUT2D eigenvalue weighted by Gasteiger charge is -2.26. The van der Waals surface area contributed by atoms with Crippen molar-refractivity contribution in [1.82, 2.24) is 4.48 Å². The molecule has 0 atom stereocenters. The largest absolute Gasteiger partial charge is 0.466 e. The van der Waals surface area contributed by atoms with Gasteiger partial charge in [0.2, 0.25) is 0 Å². The van der Waals surface area contributed by atoms with E-state index >= 15 is 0 Å². The van der Waals surface area contributed by atoms with Crippen LogP contribution in [-0.2, 0) is 0 Å². The van der Waals surface area contributed by atoms with Crippen molar-refractivity contribution in [2.45, 2.75) is 13.3 Å². The van der Waals surface area contributed by atoms with Crippen molar-refractivity contribution in [3.8, 4) is 0 Å². The third-order valence-corrected chi connectivity index (χ3v) is 5.51. The predicted molar refractivity (Wildman–Crippen MR) is 108 cm³/mol. The van der Waals surface area contributed by atoms with Crippen molar-refractivity contribution in [1.29, 1.82) is 0 Å². The van der Waals surface area contributed by atoms with E-state index in [1.807, 2.05) is 12.1 Å². The number of halogens is 2. The van der Waals surface area contributed by atoms with Crippen LogP contribution < -0.4 is 5.73 Å². The molecule has 1 aromatic carbocycles. The summed E-state index contributed by atoms with van der Waals surface area (Å²) >= 11 is 5.76. The molecule has 2 N–H and O–H groups in total. The number of fused-ring (bicyclic) bond motifs is 2. The minimum absolute atomic E-state index is 0.144. The van der Waals surface area contributed by atoms with Gasteiger partial charge in [0, 0.05) is 29.0 Å². The van der Waals surface area contributed by atoms with Gasteiger partial charge in [-0.1, -0.05) is 17.7 Å². The van der Waals surface area contributed by atoms with Crippen LogP contribution in [0.4, 0.5) is 4.39 Å². The number of aromatic nitrogens is 1. The zero-order valence-electron chi connectivity index (χ0n) is 14.8. The maximum absolute atomic E-state index is 13.7. The number of nitrogens with two attached hydrogens (primary N) is 1. The molecule has 2 aliphatic heterocycles. The van der Waals surface area contributed by atoms with Gasteiger partial charge in [-0.2, -0.15) is 0 Å². The number of allylic oxidation sites excluding steroid dienone is 3. The van der Waals surface area contributed by atoms with E-state index in [0.29, 0.717) is 6.54 Å². The molecule has 0 saturated carbocycles. The Balaban J connectivity index is 1.77. The SMILES string of the molecule is CC1=CC(/C=C/c2ccc(Cl)c(F)c2)=[N+]2[BH2-]n3cccc3C(CCN)=C12. The van der Waals surface area contributed by atoms with Crippen molar-refractivity contribution >= 4 is 36.5 Å². The van der Waals surface area contributed by atoms with E-state index in [0.717, 1.165) is 17.7 Å². The average Bonchev–Trinajstić information content (AvgIpc) is 3.21. The van der Waals surface area contributed by atoms with Crippen molar-refractivity contribution in [2.24, 2.45) is 5.73 Å². The molecule has 0 aliphatic carbocycles. The van der Waals surface area contributed by atoms with E-state index in [2.05, 4.69) is 46.4 Å². The maximum atomic E-state index is 13.7. The van der Waals surface area contributed by atoms with Gasteiger partial charge in [-0.3, -0.25) is 0 Å². The zero-order valence-corrected chi connectivity index (χ0v) is 15.6. The monoisotopic (exact) mass is 367 g/mol. The topological polar surface area (TPSA) is 34.0 Å². The summed E-state index contributed by atoms with van der Waals surface area (Å²) in [6.45, 7) is 2.77. The lowest BCUT2D eigenvalue weighted by Crippen LogP contribution is -2.31. The van der Waals surface area contributed by atoms with Crippen molar-refractivity contribution in [2.75, 3.05) is 6.54 Å². The first kappa shape index (κ1) is 17.1. The van der Waals surface area contributed by atoms with Crippen LogP contribution in [-0.4, -0.2) is 28.8 Å². The van der Waals surface area contributed by atoms with Crippen LogP contribution in [0.5, 0.6) is 0 Å². The Morgan fingerprint density at radius 1 is 1.31 bits per heavy atom. The molecule has 6 heteroatoms. The number of nitrogens with zero attached hydrogens (tertiary/aromatic N) is 2. The standard InChI is InChI=1S/C20H20BClFN3/c1-13-11-15(6-4-14-5-7-17(22)18(23)12-14)26-20(13)16(8-9-24)19-3-2-10-25(19)21-26/h2-7,10-12H,8-9,21,24H2,1H3/b6-4+. The summed E-state index contributed by atoms with van der Waals surface area (Å²) in [7, 11) is -0.553. The summed E-state index contributed by atoms with van der Waals surface area (Å²) < 4.78 is 18.4. The Morgan fingerprint density at radius 2 is 2.15 bits per heavy atom. The van der Waals surface area contributed by atoms with Gasteiger partial charge < -0.3 is 14.7 Å². The quantitative estimate of drug-likeness (QED) is 0.826. The average molecular weight is 368 g/mol. The van der Waals surface area contributed by atoms with Gasteiger partial charge in [-0.05, 0) is 62.0 Å². The molecule has 26 heavy (non-hydrogen) atoms.